The van der Waals surface area contributed by atoms with Crippen molar-refractivity contribution in [3.8, 4) is 0 Å². The lowest BCUT2D eigenvalue weighted by molar-refractivity contribution is -0.151. The summed E-state index contributed by atoms with van der Waals surface area (Å²) in [5.74, 6) is 0.748. The molecule has 2 aliphatic rings. The normalized spacial score (nSPS) is 30.2. The first-order chi connectivity index (χ1) is 10.1. The molecule has 2 aliphatic carbocycles. The van der Waals surface area contributed by atoms with E-state index in [4.69, 9.17) is 4.74 Å². The first-order valence-corrected chi connectivity index (χ1v) is 8.67. The van der Waals surface area contributed by atoms with Gasteiger partial charge in [0.1, 0.15) is 0 Å². The van der Waals surface area contributed by atoms with Crippen LogP contribution in [0.5, 0.6) is 0 Å². The highest BCUT2D eigenvalue weighted by Crippen LogP contribution is 2.34. The summed E-state index contributed by atoms with van der Waals surface area (Å²) in [6.45, 7) is 7.35. The number of hydrogen-bond acceptors (Lipinski definition) is 4. The lowest BCUT2D eigenvalue weighted by Crippen LogP contribution is -2.48. The number of aliphatic hydroxyl groups is 1. The minimum absolute atomic E-state index is 0.00747. The molecule has 0 saturated heterocycles. The number of carbonyl (C=O) groups excluding carboxylic acids is 1. The van der Waals surface area contributed by atoms with Crippen LogP contribution >= 0.6 is 0 Å². The van der Waals surface area contributed by atoms with Crippen molar-refractivity contribution in [3.05, 3.63) is 0 Å². The third-order valence-corrected chi connectivity index (χ3v) is 5.24. The van der Waals surface area contributed by atoms with Gasteiger partial charge >= 0.3 is 5.97 Å². The number of rotatable bonds is 7. The van der Waals surface area contributed by atoms with Gasteiger partial charge < -0.3 is 14.7 Å². The first kappa shape index (κ1) is 16.8. The highest BCUT2D eigenvalue weighted by Gasteiger charge is 2.37. The summed E-state index contributed by atoms with van der Waals surface area (Å²) in [5, 5.41) is 10.8. The van der Waals surface area contributed by atoms with Gasteiger partial charge in [-0.25, -0.2) is 0 Å². The smallest absolute Gasteiger partial charge is 0.308 e. The van der Waals surface area contributed by atoms with Crippen molar-refractivity contribution in [2.24, 2.45) is 11.8 Å². The minimum atomic E-state index is -0.608. The Morgan fingerprint density at radius 3 is 2.38 bits per heavy atom. The molecule has 0 amide bonds. The van der Waals surface area contributed by atoms with Crippen molar-refractivity contribution in [3.63, 3.8) is 0 Å². The average Bonchev–Trinajstić information content (AvgIpc) is 2.42. The number of carbonyl (C=O) groups is 1. The number of ether oxygens (including phenoxy) is 1. The Balaban J connectivity index is 1.78. The van der Waals surface area contributed by atoms with Crippen LogP contribution in [0.4, 0.5) is 0 Å². The molecule has 0 radical (unpaired) electrons. The van der Waals surface area contributed by atoms with E-state index in [9.17, 15) is 9.90 Å². The Bertz CT molecular complexity index is 333. The molecular weight excluding hydrogens is 266 g/mol. The van der Waals surface area contributed by atoms with Gasteiger partial charge in [-0.05, 0) is 57.9 Å². The third kappa shape index (κ3) is 4.68. The van der Waals surface area contributed by atoms with Crippen LogP contribution in [-0.2, 0) is 9.53 Å². The van der Waals surface area contributed by atoms with Gasteiger partial charge in [-0.2, -0.15) is 0 Å². The van der Waals surface area contributed by atoms with E-state index in [1.807, 2.05) is 6.92 Å². The largest absolute Gasteiger partial charge is 0.466 e. The fourth-order valence-corrected chi connectivity index (χ4v) is 3.57. The van der Waals surface area contributed by atoms with Gasteiger partial charge in [-0.1, -0.05) is 13.3 Å². The van der Waals surface area contributed by atoms with Crippen LogP contribution in [-0.4, -0.2) is 47.8 Å². The molecule has 122 valence electrons. The van der Waals surface area contributed by atoms with Gasteiger partial charge in [0.15, 0.2) is 0 Å². The maximum absolute atomic E-state index is 11.8. The topological polar surface area (TPSA) is 49.8 Å². The molecule has 2 saturated carbocycles. The van der Waals surface area contributed by atoms with E-state index in [2.05, 4.69) is 11.8 Å². The molecule has 21 heavy (non-hydrogen) atoms. The first-order valence-electron chi connectivity index (χ1n) is 8.67. The fraction of sp³-hybridized carbons (Fsp3) is 0.941. The van der Waals surface area contributed by atoms with Crippen molar-refractivity contribution < 1.29 is 14.6 Å². The maximum atomic E-state index is 11.8. The molecule has 2 rings (SSSR count). The number of nitrogens with zero attached hydrogens (tertiary/aromatic N) is 1. The van der Waals surface area contributed by atoms with E-state index in [-0.39, 0.29) is 11.9 Å². The second-order valence-corrected chi connectivity index (χ2v) is 6.88. The molecule has 0 spiro atoms. The zero-order chi connectivity index (χ0) is 15.3. The summed E-state index contributed by atoms with van der Waals surface area (Å²) >= 11 is 0. The van der Waals surface area contributed by atoms with Crippen LogP contribution < -0.4 is 0 Å². The third-order valence-electron chi connectivity index (χ3n) is 5.24. The van der Waals surface area contributed by atoms with Crippen LogP contribution in [0.25, 0.3) is 0 Å². The number of likely N-dealkylation sites (N-methyl/N-ethyl adjacent to an activating group) is 1. The number of hydrogen-bond donors (Lipinski definition) is 1. The predicted molar refractivity (Wildman–Crippen MR) is 83.0 cm³/mol. The zero-order valence-electron chi connectivity index (χ0n) is 13.6. The molecule has 2 fully saturated rings. The van der Waals surface area contributed by atoms with Gasteiger partial charge in [0.2, 0.25) is 0 Å². The van der Waals surface area contributed by atoms with E-state index in [0.717, 1.165) is 51.2 Å². The van der Waals surface area contributed by atoms with E-state index in [1.165, 1.54) is 19.3 Å². The lowest BCUT2D eigenvalue weighted by Gasteiger charge is -2.40. The molecule has 4 nitrogen and oxygen atoms in total. The predicted octanol–water partition coefficient (Wildman–Crippen LogP) is 2.59. The van der Waals surface area contributed by atoms with Crippen molar-refractivity contribution in [1.29, 1.82) is 0 Å². The van der Waals surface area contributed by atoms with Crippen molar-refractivity contribution in [1.82, 2.24) is 4.90 Å². The van der Waals surface area contributed by atoms with E-state index in [1.54, 1.807) is 0 Å². The molecule has 0 unspecified atom stereocenters. The summed E-state index contributed by atoms with van der Waals surface area (Å²) in [5.41, 5.74) is -0.608. The molecule has 0 bridgehead atoms. The SMILES string of the molecule is CCOC(=O)C1CCC(O)(CN(CC)CC2CCC2)CC1. The standard InChI is InChI=1S/C17H31NO3/c1-3-18(12-14-6-5-7-14)13-17(20)10-8-15(9-11-17)16(19)21-4-2/h14-15,20H,3-13H2,1-2H3. The zero-order valence-corrected chi connectivity index (χ0v) is 13.6. The molecule has 1 N–H and O–H groups in total. The van der Waals surface area contributed by atoms with Crippen molar-refractivity contribution in [2.45, 2.75) is 64.4 Å². The van der Waals surface area contributed by atoms with E-state index < -0.39 is 5.60 Å². The summed E-state index contributed by atoms with van der Waals surface area (Å²) in [7, 11) is 0. The minimum Gasteiger partial charge on any atom is -0.466 e. The van der Waals surface area contributed by atoms with Gasteiger partial charge in [-0.3, -0.25) is 4.79 Å². The summed E-state index contributed by atoms with van der Waals surface area (Å²) in [4.78, 5) is 14.2. The van der Waals surface area contributed by atoms with Crippen molar-refractivity contribution in [2.75, 3.05) is 26.2 Å². The number of esters is 1. The van der Waals surface area contributed by atoms with Gasteiger partial charge in [0.05, 0.1) is 18.1 Å². The Morgan fingerprint density at radius 2 is 1.90 bits per heavy atom. The summed E-state index contributed by atoms with van der Waals surface area (Å²) in [6.07, 6.45) is 7.02. The Labute approximate surface area is 128 Å². The highest BCUT2D eigenvalue weighted by atomic mass is 16.5. The molecule has 0 aromatic rings. The second-order valence-electron chi connectivity index (χ2n) is 6.88. The lowest BCUT2D eigenvalue weighted by atomic mass is 9.78. The molecule has 0 atom stereocenters. The molecule has 0 heterocycles. The van der Waals surface area contributed by atoms with Crippen molar-refractivity contribution >= 4 is 5.97 Å². The maximum Gasteiger partial charge on any atom is 0.308 e. The molecule has 4 heteroatoms. The average molecular weight is 297 g/mol. The fourth-order valence-electron chi connectivity index (χ4n) is 3.57. The molecule has 0 aliphatic heterocycles. The Morgan fingerprint density at radius 1 is 1.24 bits per heavy atom. The highest BCUT2D eigenvalue weighted by molar-refractivity contribution is 5.72. The van der Waals surface area contributed by atoms with Gasteiger partial charge in [-0.15, -0.1) is 0 Å². The molecule has 0 aromatic carbocycles. The monoisotopic (exact) mass is 297 g/mol. The second kappa shape index (κ2) is 7.59. The molecule has 0 aromatic heterocycles. The van der Waals surface area contributed by atoms with E-state index >= 15 is 0 Å². The van der Waals surface area contributed by atoms with Crippen LogP contribution in [0, 0.1) is 11.8 Å². The Kier molecular flexibility index (Phi) is 6.06. The molecular formula is C17H31NO3. The van der Waals surface area contributed by atoms with Crippen LogP contribution in [0.3, 0.4) is 0 Å². The van der Waals surface area contributed by atoms with Crippen LogP contribution in [0.15, 0.2) is 0 Å². The summed E-state index contributed by atoms with van der Waals surface area (Å²) in [6, 6.07) is 0. The van der Waals surface area contributed by atoms with Gasteiger partial charge in [0.25, 0.3) is 0 Å². The van der Waals surface area contributed by atoms with E-state index in [0.29, 0.717) is 6.61 Å². The quantitative estimate of drug-likeness (QED) is 0.734. The van der Waals surface area contributed by atoms with Crippen LogP contribution in [0.2, 0.25) is 0 Å². The van der Waals surface area contributed by atoms with Crippen LogP contribution in [0.1, 0.15) is 58.8 Å². The Hall–Kier alpha value is -0.610. The summed E-state index contributed by atoms with van der Waals surface area (Å²) < 4.78 is 5.10. The van der Waals surface area contributed by atoms with Gasteiger partial charge in [0, 0.05) is 13.1 Å².